The van der Waals surface area contributed by atoms with Gasteiger partial charge in [-0.2, -0.15) is 5.26 Å². The van der Waals surface area contributed by atoms with E-state index in [0.717, 1.165) is 32.0 Å². The molecule has 4 nitrogen and oxygen atoms in total. The van der Waals surface area contributed by atoms with Crippen LogP contribution >= 0.6 is 0 Å². The molecule has 0 aromatic heterocycles. The first-order valence-electron chi connectivity index (χ1n) is 4.46. The Morgan fingerprint density at radius 1 is 1.77 bits per heavy atom. The number of amidine groups is 1. The minimum absolute atomic E-state index is 0.544. The summed E-state index contributed by atoms with van der Waals surface area (Å²) in [5.74, 6) is 1.32. The van der Waals surface area contributed by atoms with E-state index in [1.807, 2.05) is 13.1 Å². The van der Waals surface area contributed by atoms with Crippen LogP contribution in [0.1, 0.15) is 13.3 Å². The lowest BCUT2D eigenvalue weighted by molar-refractivity contribution is 0.187. The van der Waals surface area contributed by atoms with Crippen LogP contribution in [0.15, 0.2) is 4.99 Å². The monoisotopic (exact) mass is 181 g/mol. The number of nitriles is 1. The van der Waals surface area contributed by atoms with Crippen molar-refractivity contribution in [2.45, 2.75) is 13.3 Å². The second-order valence-electron chi connectivity index (χ2n) is 3.28. The van der Waals surface area contributed by atoms with Crippen molar-refractivity contribution in [3.05, 3.63) is 0 Å². The average molecular weight is 181 g/mol. The number of nitrogens with zero attached hydrogens (tertiary/aromatic N) is 3. The Morgan fingerprint density at radius 2 is 2.54 bits per heavy atom. The molecular formula is C9H15N3O. The van der Waals surface area contributed by atoms with Gasteiger partial charge in [-0.05, 0) is 13.3 Å². The molecule has 1 aliphatic heterocycles. The summed E-state index contributed by atoms with van der Waals surface area (Å²) in [6.07, 6.45) is 3.10. The standard InChI is InChI=1S/C9H15N3O/c1-8(12(2)7-10)11-5-9-3-4-13-6-9/h9H,3-6H2,1-2H3/b11-8+. The number of hydrogen-bond acceptors (Lipinski definition) is 3. The van der Waals surface area contributed by atoms with Crippen LogP contribution in [0, 0.1) is 17.4 Å². The summed E-state index contributed by atoms with van der Waals surface area (Å²) < 4.78 is 5.23. The van der Waals surface area contributed by atoms with Crippen LogP contribution in [0.2, 0.25) is 0 Å². The molecule has 1 rings (SSSR count). The Kier molecular flexibility index (Phi) is 3.71. The molecule has 4 heteroatoms. The van der Waals surface area contributed by atoms with Gasteiger partial charge in [-0.1, -0.05) is 0 Å². The van der Waals surface area contributed by atoms with Gasteiger partial charge in [0.05, 0.1) is 6.61 Å². The van der Waals surface area contributed by atoms with Crippen LogP contribution in [0.4, 0.5) is 0 Å². The van der Waals surface area contributed by atoms with Crippen LogP contribution in [-0.4, -0.2) is 37.5 Å². The van der Waals surface area contributed by atoms with Crippen molar-refractivity contribution in [3.63, 3.8) is 0 Å². The molecule has 1 aliphatic rings. The van der Waals surface area contributed by atoms with E-state index >= 15 is 0 Å². The number of hydrogen-bond donors (Lipinski definition) is 0. The molecule has 0 spiro atoms. The van der Waals surface area contributed by atoms with E-state index in [1.54, 1.807) is 7.05 Å². The summed E-state index contributed by atoms with van der Waals surface area (Å²) in [6, 6.07) is 0. The van der Waals surface area contributed by atoms with E-state index < -0.39 is 0 Å². The maximum Gasteiger partial charge on any atom is 0.184 e. The highest BCUT2D eigenvalue weighted by Gasteiger charge is 2.14. The van der Waals surface area contributed by atoms with E-state index in [0.29, 0.717) is 5.92 Å². The van der Waals surface area contributed by atoms with Gasteiger partial charge in [0.1, 0.15) is 5.84 Å². The predicted octanol–water partition coefficient (Wildman–Crippen LogP) is 0.854. The van der Waals surface area contributed by atoms with E-state index in [4.69, 9.17) is 10.00 Å². The molecule has 1 heterocycles. The summed E-state index contributed by atoms with van der Waals surface area (Å²) in [6.45, 7) is 4.29. The fourth-order valence-corrected chi connectivity index (χ4v) is 1.17. The quantitative estimate of drug-likeness (QED) is 0.275. The first kappa shape index (κ1) is 10.0. The van der Waals surface area contributed by atoms with Crippen molar-refractivity contribution >= 4 is 5.84 Å². The van der Waals surface area contributed by atoms with Gasteiger partial charge in [-0.3, -0.25) is 9.89 Å². The van der Waals surface area contributed by atoms with Gasteiger partial charge in [-0.15, -0.1) is 0 Å². The SMILES string of the molecule is C/C(=N\CC1CCOC1)N(C)C#N. The van der Waals surface area contributed by atoms with Gasteiger partial charge in [-0.25, -0.2) is 0 Å². The lowest BCUT2D eigenvalue weighted by Gasteiger charge is -2.09. The Hall–Kier alpha value is -1.08. The van der Waals surface area contributed by atoms with Crippen molar-refractivity contribution in [1.29, 1.82) is 5.26 Å². The van der Waals surface area contributed by atoms with Gasteiger partial charge in [0.15, 0.2) is 6.19 Å². The third-order valence-electron chi connectivity index (χ3n) is 2.24. The Bertz CT molecular complexity index is 226. The largest absolute Gasteiger partial charge is 0.381 e. The minimum atomic E-state index is 0.544. The Morgan fingerprint density at radius 3 is 3.08 bits per heavy atom. The van der Waals surface area contributed by atoms with Crippen molar-refractivity contribution in [1.82, 2.24) is 4.90 Å². The van der Waals surface area contributed by atoms with Crippen molar-refractivity contribution in [2.75, 3.05) is 26.8 Å². The fourth-order valence-electron chi connectivity index (χ4n) is 1.17. The molecule has 13 heavy (non-hydrogen) atoms. The fraction of sp³-hybridized carbons (Fsp3) is 0.778. The van der Waals surface area contributed by atoms with E-state index in [1.165, 1.54) is 4.90 Å². The maximum atomic E-state index is 8.57. The molecule has 1 atom stereocenters. The molecule has 0 N–H and O–H groups in total. The molecule has 0 radical (unpaired) electrons. The Balaban J connectivity index is 2.34. The highest BCUT2D eigenvalue weighted by molar-refractivity contribution is 5.80. The van der Waals surface area contributed by atoms with Gasteiger partial charge in [0.2, 0.25) is 0 Å². The highest BCUT2D eigenvalue weighted by atomic mass is 16.5. The molecule has 1 fully saturated rings. The zero-order valence-electron chi connectivity index (χ0n) is 8.16. The summed E-state index contributed by atoms with van der Waals surface area (Å²) >= 11 is 0. The van der Waals surface area contributed by atoms with Gasteiger partial charge < -0.3 is 4.74 Å². The van der Waals surface area contributed by atoms with E-state index in [9.17, 15) is 0 Å². The normalized spacial score (nSPS) is 22.8. The van der Waals surface area contributed by atoms with Crippen molar-refractivity contribution in [2.24, 2.45) is 10.9 Å². The second-order valence-corrected chi connectivity index (χ2v) is 3.28. The zero-order valence-corrected chi connectivity index (χ0v) is 8.16. The smallest absolute Gasteiger partial charge is 0.184 e. The third-order valence-corrected chi connectivity index (χ3v) is 2.24. The molecule has 0 bridgehead atoms. The minimum Gasteiger partial charge on any atom is -0.381 e. The van der Waals surface area contributed by atoms with E-state index in [2.05, 4.69) is 4.99 Å². The van der Waals surface area contributed by atoms with Gasteiger partial charge in [0.25, 0.3) is 0 Å². The first-order valence-corrected chi connectivity index (χ1v) is 4.46. The van der Waals surface area contributed by atoms with Crippen LogP contribution in [0.3, 0.4) is 0 Å². The predicted molar refractivity (Wildman–Crippen MR) is 50.3 cm³/mol. The first-order chi connectivity index (χ1) is 6.24. The zero-order chi connectivity index (χ0) is 9.68. The third kappa shape index (κ3) is 3.03. The average Bonchev–Trinajstić information content (AvgIpc) is 2.65. The van der Waals surface area contributed by atoms with Crippen molar-refractivity contribution < 1.29 is 4.74 Å². The highest BCUT2D eigenvalue weighted by Crippen LogP contribution is 2.12. The number of ether oxygens (including phenoxy) is 1. The number of aliphatic imine (C=N–C) groups is 1. The molecule has 0 aromatic carbocycles. The molecule has 1 saturated heterocycles. The van der Waals surface area contributed by atoms with Crippen molar-refractivity contribution in [3.8, 4) is 6.19 Å². The molecule has 0 amide bonds. The topological polar surface area (TPSA) is 48.6 Å². The molecule has 1 unspecified atom stereocenters. The van der Waals surface area contributed by atoms with Crippen LogP contribution < -0.4 is 0 Å². The van der Waals surface area contributed by atoms with E-state index in [-0.39, 0.29) is 0 Å². The van der Waals surface area contributed by atoms with Crippen LogP contribution in [0.25, 0.3) is 0 Å². The molecule has 0 saturated carbocycles. The van der Waals surface area contributed by atoms with Gasteiger partial charge >= 0.3 is 0 Å². The second kappa shape index (κ2) is 4.83. The summed E-state index contributed by atoms with van der Waals surface area (Å²) in [4.78, 5) is 5.79. The lowest BCUT2D eigenvalue weighted by atomic mass is 10.1. The summed E-state index contributed by atoms with van der Waals surface area (Å²) in [5.41, 5.74) is 0. The summed E-state index contributed by atoms with van der Waals surface area (Å²) in [5, 5.41) is 8.57. The summed E-state index contributed by atoms with van der Waals surface area (Å²) in [7, 11) is 1.71. The lowest BCUT2D eigenvalue weighted by Crippen LogP contribution is -2.19. The molecule has 0 aromatic rings. The molecular weight excluding hydrogens is 166 g/mol. The molecule has 0 aliphatic carbocycles. The van der Waals surface area contributed by atoms with Gasteiger partial charge in [0, 0.05) is 26.1 Å². The van der Waals surface area contributed by atoms with Crippen LogP contribution in [0.5, 0.6) is 0 Å². The molecule has 72 valence electrons. The number of rotatable bonds is 2. The Labute approximate surface area is 78.8 Å². The maximum absolute atomic E-state index is 8.57. The van der Waals surface area contributed by atoms with Crippen LogP contribution in [-0.2, 0) is 4.74 Å².